The Kier molecular flexibility index (Phi) is 11.0. The van der Waals surface area contributed by atoms with Crippen molar-refractivity contribution in [1.82, 2.24) is 24.4 Å². The van der Waals surface area contributed by atoms with Gasteiger partial charge in [-0.25, -0.2) is 14.6 Å². The number of nitrogens with zero attached hydrogens (tertiary/aromatic N) is 6. The van der Waals surface area contributed by atoms with E-state index in [1.54, 1.807) is 59.5 Å². The van der Waals surface area contributed by atoms with Crippen molar-refractivity contribution >= 4 is 58.0 Å². The van der Waals surface area contributed by atoms with Gasteiger partial charge in [0.25, 0.3) is 0 Å². The quantitative estimate of drug-likeness (QED) is 0.108. The van der Waals surface area contributed by atoms with Crippen LogP contribution in [0.5, 0.6) is 0 Å². The molecule has 2 saturated heterocycles. The minimum absolute atomic E-state index is 0.00499. The number of anilines is 2. The molecule has 53 heavy (non-hydrogen) atoms. The topological polar surface area (TPSA) is 167 Å². The molecule has 15 nitrogen and oxygen atoms in total. The monoisotopic (exact) mass is 749 g/mol. The predicted molar refractivity (Wildman–Crippen MR) is 194 cm³/mol. The third-order valence-corrected chi connectivity index (χ3v) is 10.3. The zero-order valence-corrected chi connectivity index (χ0v) is 31.2. The van der Waals surface area contributed by atoms with E-state index in [-0.39, 0.29) is 30.9 Å². The van der Waals surface area contributed by atoms with E-state index < -0.39 is 47.2 Å². The highest BCUT2D eigenvalue weighted by Gasteiger charge is 2.58. The number of rotatable bonds is 14. The SMILES string of the molecule is C#C[C@@]1(C)[C@@H](COC(Cc2ccc(N3CCCN(C)C3=O)cc2)(C(C)=O)C(=O)OCC)O[C@@H](n2cnc3c(NCC4CC4)nc(Cl)nc32)[C@@H]1OC(C)=O. The number of ketones is 1. The summed E-state index contributed by atoms with van der Waals surface area (Å²) in [5, 5.41) is 3.28. The van der Waals surface area contributed by atoms with Gasteiger partial charge in [-0.05, 0) is 75.2 Å². The van der Waals surface area contributed by atoms with Crippen LogP contribution in [0.25, 0.3) is 11.2 Å². The highest BCUT2D eigenvalue weighted by atomic mass is 35.5. The number of amides is 2. The van der Waals surface area contributed by atoms with Crippen LogP contribution in [0.3, 0.4) is 0 Å². The van der Waals surface area contributed by atoms with Gasteiger partial charge in [-0.2, -0.15) is 9.97 Å². The van der Waals surface area contributed by atoms with E-state index >= 15 is 0 Å². The van der Waals surface area contributed by atoms with Gasteiger partial charge in [0.2, 0.25) is 10.9 Å². The van der Waals surface area contributed by atoms with Crippen molar-refractivity contribution in [3.05, 3.63) is 41.4 Å². The molecule has 1 unspecified atom stereocenters. The number of hydrogen-bond acceptors (Lipinski definition) is 12. The van der Waals surface area contributed by atoms with E-state index in [9.17, 15) is 19.2 Å². The van der Waals surface area contributed by atoms with Crippen LogP contribution in [0.15, 0.2) is 30.6 Å². The molecule has 2 amide bonds. The summed E-state index contributed by atoms with van der Waals surface area (Å²) in [5.74, 6) is 1.66. The summed E-state index contributed by atoms with van der Waals surface area (Å²) >= 11 is 6.36. The third-order valence-electron chi connectivity index (χ3n) is 10.1. The maximum Gasteiger partial charge on any atom is 0.346 e. The molecule has 4 heterocycles. The van der Waals surface area contributed by atoms with E-state index in [0.717, 1.165) is 19.3 Å². The van der Waals surface area contributed by atoms with Crippen LogP contribution in [0, 0.1) is 23.7 Å². The Morgan fingerprint density at radius 1 is 1.17 bits per heavy atom. The number of nitrogens with one attached hydrogen (secondary N) is 1. The minimum Gasteiger partial charge on any atom is -0.463 e. The number of imidazole rings is 1. The summed E-state index contributed by atoms with van der Waals surface area (Å²) in [6.07, 6.45) is 7.39. The molecule has 0 bridgehead atoms. The number of benzene rings is 1. The molecule has 3 fully saturated rings. The Balaban J connectivity index is 1.30. The maximum absolute atomic E-state index is 13.7. The number of Topliss-reactive ketones (excluding diaryl/α,β-unsaturated/α-hetero) is 1. The summed E-state index contributed by atoms with van der Waals surface area (Å²) in [5.41, 5.74) is -1.39. The van der Waals surface area contributed by atoms with E-state index in [1.165, 1.54) is 20.2 Å². The fraction of sp³-hybridized carbons (Fsp3) is 0.541. The molecular formula is C37H44ClN7O8. The van der Waals surface area contributed by atoms with Gasteiger partial charge >= 0.3 is 18.0 Å². The predicted octanol–water partition coefficient (Wildman–Crippen LogP) is 4.18. The third kappa shape index (κ3) is 7.53. The summed E-state index contributed by atoms with van der Waals surface area (Å²) in [6, 6.07) is 6.91. The van der Waals surface area contributed by atoms with Gasteiger partial charge < -0.3 is 29.2 Å². The lowest BCUT2D eigenvalue weighted by atomic mass is 9.81. The van der Waals surface area contributed by atoms with E-state index in [4.69, 9.17) is 37.0 Å². The standard InChI is InChI=1S/C37H44ClN7O8/c1-7-36(5)27(53-32(29(36)52-23(4)47)45-21-40-28-30(39-19-25-10-11-25)41-34(38)42-31(28)45)20-51-37(22(3)46,33(48)50-8-2)18-24-12-14-26(15-13-24)44-17-9-16-43(6)35(44)49/h1,12-15,21,25,27,29,32H,8-11,16-20H2,2-6H3,(H,39,41,42)/t27-,29+,32-,36+,37?/m1/s1. The first kappa shape index (κ1) is 38.0. The molecule has 2 aliphatic heterocycles. The van der Waals surface area contributed by atoms with Crippen molar-refractivity contribution in [2.24, 2.45) is 11.3 Å². The molecule has 282 valence electrons. The first-order valence-corrected chi connectivity index (χ1v) is 18.1. The van der Waals surface area contributed by atoms with Gasteiger partial charge in [-0.1, -0.05) is 18.1 Å². The van der Waals surface area contributed by atoms with Gasteiger partial charge in [0.05, 0.1) is 25.0 Å². The first-order valence-electron chi connectivity index (χ1n) is 17.7. The Morgan fingerprint density at radius 2 is 1.91 bits per heavy atom. The summed E-state index contributed by atoms with van der Waals surface area (Å²) in [4.78, 5) is 69.1. The Hall–Kier alpha value is -4.78. The molecule has 0 spiro atoms. The number of halogens is 1. The largest absolute Gasteiger partial charge is 0.463 e. The summed E-state index contributed by atoms with van der Waals surface area (Å²) in [6.45, 7) is 7.41. The van der Waals surface area contributed by atoms with Crippen LogP contribution in [0.2, 0.25) is 5.28 Å². The number of esters is 2. The molecule has 3 aliphatic rings. The minimum atomic E-state index is -2.09. The van der Waals surface area contributed by atoms with Gasteiger partial charge in [0.1, 0.15) is 6.10 Å². The number of ether oxygens (including phenoxy) is 4. The zero-order valence-electron chi connectivity index (χ0n) is 30.5. The lowest BCUT2D eigenvalue weighted by molar-refractivity contribution is -0.182. The number of fused-ring (bicyclic) bond motifs is 1. The number of terminal acetylenes is 1. The van der Waals surface area contributed by atoms with Crippen LogP contribution in [-0.2, 0) is 39.8 Å². The number of urea groups is 1. The van der Waals surface area contributed by atoms with Crippen LogP contribution >= 0.6 is 11.6 Å². The normalized spacial score (nSPS) is 24.1. The number of carbonyl (C=O) groups excluding carboxylic acids is 4. The van der Waals surface area contributed by atoms with Crippen molar-refractivity contribution in [1.29, 1.82) is 0 Å². The smallest absolute Gasteiger partial charge is 0.346 e. The highest BCUT2D eigenvalue weighted by molar-refractivity contribution is 6.28. The molecule has 6 rings (SSSR count). The Labute approximate surface area is 312 Å². The van der Waals surface area contributed by atoms with E-state index in [0.29, 0.717) is 53.8 Å². The first-order chi connectivity index (χ1) is 25.3. The van der Waals surface area contributed by atoms with Crippen LogP contribution in [-0.4, -0.2) is 106 Å². The van der Waals surface area contributed by atoms with Crippen molar-refractivity contribution in [2.45, 2.75) is 77.4 Å². The molecule has 1 aliphatic carbocycles. The second kappa shape index (κ2) is 15.3. The Morgan fingerprint density at radius 3 is 2.55 bits per heavy atom. The maximum atomic E-state index is 13.7. The molecule has 1 saturated carbocycles. The van der Waals surface area contributed by atoms with Crippen LogP contribution in [0.4, 0.5) is 16.3 Å². The zero-order chi connectivity index (χ0) is 38.1. The van der Waals surface area contributed by atoms with Crippen molar-refractivity contribution in [3.8, 4) is 12.3 Å². The lowest BCUT2D eigenvalue weighted by Crippen LogP contribution is -2.53. The van der Waals surface area contributed by atoms with Gasteiger partial charge in [-0.15, -0.1) is 6.42 Å². The van der Waals surface area contributed by atoms with Crippen molar-refractivity contribution in [2.75, 3.05) is 50.1 Å². The van der Waals surface area contributed by atoms with Crippen molar-refractivity contribution in [3.63, 3.8) is 0 Å². The molecule has 5 atom stereocenters. The fourth-order valence-corrected chi connectivity index (χ4v) is 6.95. The van der Waals surface area contributed by atoms with Gasteiger partial charge in [0, 0.05) is 45.7 Å². The Bertz CT molecular complexity index is 1930. The molecule has 2 aromatic heterocycles. The molecule has 3 aromatic rings. The summed E-state index contributed by atoms with van der Waals surface area (Å²) < 4.78 is 25.7. The van der Waals surface area contributed by atoms with E-state index in [1.807, 2.05) is 0 Å². The number of hydrogen-bond donors (Lipinski definition) is 1. The number of aromatic nitrogens is 4. The average Bonchev–Trinajstić information content (AvgIpc) is 3.81. The fourth-order valence-electron chi connectivity index (χ4n) is 6.78. The second-order valence-electron chi connectivity index (χ2n) is 13.9. The van der Waals surface area contributed by atoms with Gasteiger partial charge in [0.15, 0.2) is 35.1 Å². The molecule has 16 heteroatoms. The highest BCUT2D eigenvalue weighted by Crippen LogP contribution is 2.47. The summed E-state index contributed by atoms with van der Waals surface area (Å²) in [7, 11) is 1.75. The average molecular weight is 750 g/mol. The van der Waals surface area contributed by atoms with Crippen LogP contribution in [0.1, 0.15) is 58.7 Å². The molecule has 1 N–H and O–H groups in total. The molecule has 1 aromatic carbocycles. The van der Waals surface area contributed by atoms with Gasteiger partial charge in [-0.3, -0.25) is 19.1 Å². The second-order valence-corrected chi connectivity index (χ2v) is 14.3. The number of carbonyl (C=O) groups is 4. The van der Waals surface area contributed by atoms with Crippen molar-refractivity contribution < 1.29 is 38.1 Å². The molecule has 0 radical (unpaired) electrons. The van der Waals surface area contributed by atoms with E-state index in [2.05, 4.69) is 26.2 Å². The lowest BCUT2D eigenvalue weighted by Gasteiger charge is -2.34. The molecular weight excluding hydrogens is 706 g/mol. The van der Waals surface area contributed by atoms with Crippen LogP contribution < -0.4 is 10.2 Å².